The lowest BCUT2D eigenvalue weighted by atomic mass is 10.1. The topological polar surface area (TPSA) is 53.1 Å². The summed E-state index contributed by atoms with van der Waals surface area (Å²) in [5, 5.41) is 8.90. The van der Waals surface area contributed by atoms with E-state index >= 15 is 0 Å². The molecule has 0 bridgehead atoms. The van der Waals surface area contributed by atoms with Gasteiger partial charge < -0.3 is 10.1 Å². The van der Waals surface area contributed by atoms with Gasteiger partial charge in [-0.1, -0.05) is 44.2 Å². The number of aromatic amines is 1. The zero-order valence-corrected chi connectivity index (χ0v) is 9.40. The first-order valence-corrected chi connectivity index (χ1v) is 5.24. The SMILES string of the molecule is CC.O=C(O)c1c[nH]cc1-c1ccccc1. The van der Waals surface area contributed by atoms with Crippen molar-refractivity contribution in [3.8, 4) is 11.1 Å². The third-order valence-corrected chi connectivity index (χ3v) is 2.06. The van der Waals surface area contributed by atoms with Gasteiger partial charge in [-0.25, -0.2) is 4.79 Å². The summed E-state index contributed by atoms with van der Waals surface area (Å²) >= 11 is 0. The van der Waals surface area contributed by atoms with Crippen molar-refractivity contribution < 1.29 is 9.90 Å². The molecule has 0 aliphatic heterocycles. The molecular formula is C13H15NO2. The van der Waals surface area contributed by atoms with Crippen LogP contribution in [0.15, 0.2) is 42.7 Å². The van der Waals surface area contributed by atoms with Gasteiger partial charge in [-0.15, -0.1) is 0 Å². The number of nitrogens with one attached hydrogen (secondary N) is 1. The number of carbonyl (C=O) groups is 1. The molecule has 0 fully saturated rings. The Balaban J connectivity index is 0.000000606. The van der Waals surface area contributed by atoms with Crippen LogP contribution >= 0.6 is 0 Å². The molecule has 0 aliphatic rings. The van der Waals surface area contributed by atoms with Crippen molar-refractivity contribution in [1.82, 2.24) is 4.98 Å². The third-order valence-electron chi connectivity index (χ3n) is 2.06. The maximum Gasteiger partial charge on any atom is 0.337 e. The van der Waals surface area contributed by atoms with Gasteiger partial charge in [0.2, 0.25) is 0 Å². The lowest BCUT2D eigenvalue weighted by molar-refractivity contribution is 0.0698. The normalized spacial score (nSPS) is 9.12. The highest BCUT2D eigenvalue weighted by atomic mass is 16.4. The van der Waals surface area contributed by atoms with Crippen LogP contribution in [0.5, 0.6) is 0 Å². The van der Waals surface area contributed by atoms with Crippen molar-refractivity contribution in [2.24, 2.45) is 0 Å². The van der Waals surface area contributed by atoms with Gasteiger partial charge in [0.15, 0.2) is 0 Å². The summed E-state index contributed by atoms with van der Waals surface area (Å²) in [6.07, 6.45) is 3.18. The number of carboxylic acids is 1. The van der Waals surface area contributed by atoms with Gasteiger partial charge in [0.1, 0.15) is 0 Å². The van der Waals surface area contributed by atoms with Gasteiger partial charge in [0.25, 0.3) is 0 Å². The number of aromatic carboxylic acids is 1. The molecule has 16 heavy (non-hydrogen) atoms. The largest absolute Gasteiger partial charge is 0.478 e. The Kier molecular flexibility index (Phi) is 4.33. The Morgan fingerprint density at radius 2 is 1.75 bits per heavy atom. The van der Waals surface area contributed by atoms with Crippen LogP contribution in [0.25, 0.3) is 11.1 Å². The van der Waals surface area contributed by atoms with E-state index < -0.39 is 5.97 Å². The molecule has 0 aliphatic carbocycles. The molecule has 0 radical (unpaired) electrons. The number of carboxylic acid groups (broad SMARTS) is 1. The molecule has 0 saturated carbocycles. The molecule has 0 atom stereocenters. The van der Waals surface area contributed by atoms with E-state index in [1.807, 2.05) is 44.2 Å². The highest BCUT2D eigenvalue weighted by molar-refractivity contribution is 5.95. The highest BCUT2D eigenvalue weighted by Gasteiger charge is 2.11. The quantitative estimate of drug-likeness (QED) is 0.809. The van der Waals surface area contributed by atoms with Gasteiger partial charge >= 0.3 is 5.97 Å². The van der Waals surface area contributed by atoms with Crippen molar-refractivity contribution in [3.05, 3.63) is 48.3 Å². The maximum absolute atomic E-state index is 10.8. The molecular weight excluding hydrogens is 202 g/mol. The molecule has 0 saturated heterocycles. The van der Waals surface area contributed by atoms with Gasteiger partial charge in [-0.2, -0.15) is 0 Å². The molecule has 0 spiro atoms. The van der Waals surface area contributed by atoms with Crippen molar-refractivity contribution in [2.75, 3.05) is 0 Å². The van der Waals surface area contributed by atoms with Crippen molar-refractivity contribution in [3.63, 3.8) is 0 Å². The van der Waals surface area contributed by atoms with Crippen LogP contribution in [0, 0.1) is 0 Å². The van der Waals surface area contributed by atoms with Crippen LogP contribution < -0.4 is 0 Å². The lowest BCUT2D eigenvalue weighted by Gasteiger charge is -1.98. The molecule has 2 N–H and O–H groups in total. The van der Waals surface area contributed by atoms with Crippen LogP contribution in [-0.2, 0) is 0 Å². The summed E-state index contributed by atoms with van der Waals surface area (Å²) < 4.78 is 0. The predicted molar refractivity (Wildman–Crippen MR) is 64.5 cm³/mol. The monoisotopic (exact) mass is 217 g/mol. The molecule has 3 heteroatoms. The molecule has 0 unspecified atom stereocenters. The molecule has 0 amide bonds. The second kappa shape index (κ2) is 5.75. The molecule has 1 aromatic carbocycles. The van der Waals surface area contributed by atoms with Crippen LogP contribution in [0.2, 0.25) is 0 Å². The van der Waals surface area contributed by atoms with E-state index in [9.17, 15) is 4.79 Å². The fraction of sp³-hybridized carbons (Fsp3) is 0.154. The number of rotatable bonds is 2. The number of hydrogen-bond acceptors (Lipinski definition) is 1. The van der Waals surface area contributed by atoms with E-state index in [0.717, 1.165) is 11.1 Å². The number of hydrogen-bond donors (Lipinski definition) is 2. The maximum atomic E-state index is 10.8. The highest BCUT2D eigenvalue weighted by Crippen LogP contribution is 2.22. The van der Waals surface area contributed by atoms with E-state index in [1.54, 1.807) is 6.20 Å². The average molecular weight is 217 g/mol. The first kappa shape index (κ1) is 12.0. The van der Waals surface area contributed by atoms with Crippen LogP contribution in [-0.4, -0.2) is 16.1 Å². The molecule has 1 heterocycles. The van der Waals surface area contributed by atoms with Gasteiger partial charge in [0, 0.05) is 18.0 Å². The minimum atomic E-state index is -0.912. The summed E-state index contributed by atoms with van der Waals surface area (Å²) in [4.78, 5) is 13.6. The number of aromatic nitrogens is 1. The van der Waals surface area contributed by atoms with E-state index in [-0.39, 0.29) is 0 Å². The predicted octanol–water partition coefficient (Wildman–Crippen LogP) is 3.41. The summed E-state index contributed by atoms with van der Waals surface area (Å²) in [5.41, 5.74) is 1.93. The third kappa shape index (κ3) is 2.51. The molecule has 1 aromatic heterocycles. The Hall–Kier alpha value is -2.03. The Morgan fingerprint density at radius 3 is 2.31 bits per heavy atom. The zero-order chi connectivity index (χ0) is 12.0. The summed E-state index contributed by atoms with van der Waals surface area (Å²) in [6.45, 7) is 4.00. The average Bonchev–Trinajstić information content (AvgIpc) is 2.82. The summed E-state index contributed by atoms with van der Waals surface area (Å²) in [6, 6.07) is 9.43. The summed E-state index contributed by atoms with van der Waals surface area (Å²) in [5.74, 6) is -0.912. The Morgan fingerprint density at radius 1 is 1.12 bits per heavy atom. The molecule has 3 nitrogen and oxygen atoms in total. The van der Waals surface area contributed by atoms with E-state index in [1.165, 1.54) is 6.20 Å². The standard InChI is InChI=1S/C11H9NO2.C2H6/c13-11(14)10-7-12-6-9(10)8-4-2-1-3-5-8;1-2/h1-7,12H,(H,13,14);1-2H3. The van der Waals surface area contributed by atoms with E-state index in [2.05, 4.69) is 4.98 Å². The summed E-state index contributed by atoms with van der Waals surface area (Å²) in [7, 11) is 0. The second-order valence-corrected chi connectivity index (χ2v) is 2.95. The first-order chi connectivity index (χ1) is 7.79. The van der Waals surface area contributed by atoms with E-state index in [0.29, 0.717) is 5.56 Å². The van der Waals surface area contributed by atoms with E-state index in [4.69, 9.17) is 5.11 Å². The minimum absolute atomic E-state index is 0.302. The zero-order valence-electron chi connectivity index (χ0n) is 9.40. The van der Waals surface area contributed by atoms with Crippen LogP contribution in [0.3, 0.4) is 0 Å². The lowest BCUT2D eigenvalue weighted by Crippen LogP contribution is -1.95. The smallest absolute Gasteiger partial charge is 0.337 e. The second-order valence-electron chi connectivity index (χ2n) is 2.95. The minimum Gasteiger partial charge on any atom is -0.478 e. The number of benzene rings is 1. The van der Waals surface area contributed by atoms with Gasteiger partial charge in [0.05, 0.1) is 5.56 Å². The van der Waals surface area contributed by atoms with Gasteiger partial charge in [-0.3, -0.25) is 0 Å². The van der Waals surface area contributed by atoms with Gasteiger partial charge in [-0.05, 0) is 5.56 Å². The molecule has 2 aromatic rings. The van der Waals surface area contributed by atoms with Crippen molar-refractivity contribution >= 4 is 5.97 Å². The van der Waals surface area contributed by atoms with Crippen molar-refractivity contribution in [2.45, 2.75) is 13.8 Å². The van der Waals surface area contributed by atoms with Crippen molar-refractivity contribution in [1.29, 1.82) is 0 Å². The van der Waals surface area contributed by atoms with Crippen LogP contribution in [0.4, 0.5) is 0 Å². The Bertz CT molecular complexity index is 446. The Labute approximate surface area is 94.8 Å². The first-order valence-electron chi connectivity index (χ1n) is 5.24. The van der Waals surface area contributed by atoms with Crippen LogP contribution in [0.1, 0.15) is 24.2 Å². The molecule has 2 rings (SSSR count). The fourth-order valence-corrected chi connectivity index (χ4v) is 1.40. The fourth-order valence-electron chi connectivity index (χ4n) is 1.40. The molecule has 84 valence electrons. The number of H-pyrrole nitrogens is 1.